The average Bonchev–Trinajstić information content (AvgIpc) is 2.32. The minimum Gasteiger partial charge on any atom is -0.487 e. The van der Waals surface area contributed by atoms with Gasteiger partial charge in [0, 0.05) is 0 Å². The van der Waals surface area contributed by atoms with Gasteiger partial charge < -0.3 is 10.5 Å². The fourth-order valence-electron chi connectivity index (χ4n) is 1.54. The summed E-state index contributed by atoms with van der Waals surface area (Å²) in [5.74, 6) is 0.144. The molecule has 2 aromatic carbocycles. The van der Waals surface area contributed by atoms with Crippen LogP contribution in [0.2, 0.25) is 5.02 Å². The molecule has 0 aliphatic rings. The Labute approximate surface area is 110 Å². The Morgan fingerprint density at radius 3 is 2.67 bits per heavy atom. The molecule has 4 heteroatoms. The molecule has 0 radical (unpaired) electrons. The van der Waals surface area contributed by atoms with Crippen molar-refractivity contribution in [3.8, 4) is 5.75 Å². The monoisotopic (exact) mass is 265 g/mol. The lowest BCUT2D eigenvalue weighted by atomic mass is 10.2. The van der Waals surface area contributed by atoms with E-state index in [-0.39, 0.29) is 12.3 Å². The van der Waals surface area contributed by atoms with Gasteiger partial charge >= 0.3 is 0 Å². The first-order valence-electron chi connectivity index (χ1n) is 5.49. The highest BCUT2D eigenvalue weighted by atomic mass is 35.5. The quantitative estimate of drug-likeness (QED) is 0.853. The minimum absolute atomic E-state index is 0.132. The first-order chi connectivity index (χ1) is 8.56. The maximum atomic E-state index is 13.2. The van der Waals surface area contributed by atoms with E-state index < -0.39 is 5.82 Å². The molecule has 0 heterocycles. The number of rotatable bonds is 3. The van der Waals surface area contributed by atoms with Crippen LogP contribution >= 0.6 is 11.6 Å². The van der Waals surface area contributed by atoms with Crippen molar-refractivity contribution in [2.24, 2.45) is 0 Å². The Hall–Kier alpha value is -1.74. The Morgan fingerprint density at radius 1 is 1.22 bits per heavy atom. The van der Waals surface area contributed by atoms with Crippen LogP contribution in [0, 0.1) is 12.7 Å². The van der Waals surface area contributed by atoms with Gasteiger partial charge in [-0.05, 0) is 42.3 Å². The lowest BCUT2D eigenvalue weighted by molar-refractivity contribution is 0.306. The standard InChI is InChI=1S/C14H13ClFNO/c1-9-2-5-14(11(15)6-9)18-8-10-3-4-13(17)12(16)7-10/h2-7H,8,17H2,1H3. The van der Waals surface area contributed by atoms with Crippen molar-refractivity contribution in [1.29, 1.82) is 0 Å². The molecule has 0 aliphatic heterocycles. The van der Waals surface area contributed by atoms with Gasteiger partial charge in [-0.3, -0.25) is 0 Å². The largest absolute Gasteiger partial charge is 0.487 e. The summed E-state index contributed by atoms with van der Waals surface area (Å²) in [4.78, 5) is 0. The third-order valence-corrected chi connectivity index (χ3v) is 2.84. The van der Waals surface area contributed by atoms with E-state index in [9.17, 15) is 4.39 Å². The number of anilines is 1. The number of hydrogen-bond acceptors (Lipinski definition) is 2. The highest BCUT2D eigenvalue weighted by molar-refractivity contribution is 6.32. The number of halogens is 2. The first kappa shape index (κ1) is 12.7. The minimum atomic E-state index is -0.439. The number of ether oxygens (including phenoxy) is 1. The van der Waals surface area contributed by atoms with Crippen LogP contribution in [0.25, 0.3) is 0 Å². The van der Waals surface area contributed by atoms with Gasteiger partial charge in [-0.25, -0.2) is 4.39 Å². The maximum Gasteiger partial charge on any atom is 0.146 e. The van der Waals surface area contributed by atoms with Crippen LogP contribution in [-0.2, 0) is 6.61 Å². The number of hydrogen-bond donors (Lipinski definition) is 1. The molecule has 0 amide bonds. The number of nitrogens with two attached hydrogens (primary N) is 1. The van der Waals surface area contributed by atoms with Crippen LogP contribution in [0.4, 0.5) is 10.1 Å². The molecule has 0 spiro atoms. The van der Waals surface area contributed by atoms with E-state index in [2.05, 4.69) is 0 Å². The molecule has 0 bridgehead atoms. The van der Waals surface area contributed by atoms with Gasteiger partial charge in [-0.2, -0.15) is 0 Å². The van der Waals surface area contributed by atoms with Gasteiger partial charge in [-0.15, -0.1) is 0 Å². The van der Waals surface area contributed by atoms with Crippen molar-refractivity contribution < 1.29 is 9.13 Å². The van der Waals surface area contributed by atoms with Gasteiger partial charge in [0.2, 0.25) is 0 Å². The summed E-state index contributed by atoms with van der Waals surface area (Å²) in [6.07, 6.45) is 0. The van der Waals surface area contributed by atoms with E-state index in [1.165, 1.54) is 12.1 Å². The zero-order chi connectivity index (χ0) is 13.1. The molecule has 2 aromatic rings. The average molecular weight is 266 g/mol. The molecule has 2 rings (SSSR count). The molecule has 0 unspecified atom stereocenters. The van der Waals surface area contributed by atoms with E-state index in [0.29, 0.717) is 16.3 Å². The molecule has 18 heavy (non-hydrogen) atoms. The summed E-state index contributed by atoms with van der Waals surface area (Å²) >= 11 is 6.03. The zero-order valence-electron chi connectivity index (χ0n) is 9.91. The Kier molecular flexibility index (Phi) is 3.72. The highest BCUT2D eigenvalue weighted by Gasteiger charge is 2.04. The second-order valence-electron chi connectivity index (χ2n) is 4.08. The van der Waals surface area contributed by atoms with E-state index in [1.54, 1.807) is 12.1 Å². The van der Waals surface area contributed by atoms with E-state index in [0.717, 1.165) is 5.56 Å². The predicted molar refractivity (Wildman–Crippen MR) is 71.3 cm³/mol. The number of benzene rings is 2. The van der Waals surface area contributed by atoms with Crippen molar-refractivity contribution in [1.82, 2.24) is 0 Å². The SMILES string of the molecule is Cc1ccc(OCc2ccc(N)c(F)c2)c(Cl)c1. The fraction of sp³-hybridized carbons (Fsp3) is 0.143. The van der Waals surface area contributed by atoms with Crippen molar-refractivity contribution in [2.45, 2.75) is 13.5 Å². The van der Waals surface area contributed by atoms with Crippen molar-refractivity contribution in [2.75, 3.05) is 5.73 Å². The van der Waals surface area contributed by atoms with E-state index in [1.807, 2.05) is 19.1 Å². The summed E-state index contributed by atoms with van der Waals surface area (Å²) in [6.45, 7) is 2.20. The van der Waals surface area contributed by atoms with E-state index in [4.69, 9.17) is 22.1 Å². The summed E-state index contributed by atoms with van der Waals surface area (Å²) in [5, 5.41) is 0.547. The van der Waals surface area contributed by atoms with Gasteiger partial charge in [0.25, 0.3) is 0 Å². The second-order valence-corrected chi connectivity index (χ2v) is 4.49. The van der Waals surface area contributed by atoms with Crippen molar-refractivity contribution >= 4 is 17.3 Å². The predicted octanol–water partition coefficient (Wildman–Crippen LogP) is 3.95. The van der Waals surface area contributed by atoms with Gasteiger partial charge in [0.1, 0.15) is 18.2 Å². The second kappa shape index (κ2) is 5.27. The van der Waals surface area contributed by atoms with Crippen LogP contribution < -0.4 is 10.5 Å². The molecular formula is C14H13ClFNO. The van der Waals surface area contributed by atoms with Crippen LogP contribution in [0.1, 0.15) is 11.1 Å². The summed E-state index contributed by atoms with van der Waals surface area (Å²) in [6, 6.07) is 10.1. The van der Waals surface area contributed by atoms with Crippen LogP contribution in [0.3, 0.4) is 0 Å². The summed E-state index contributed by atoms with van der Waals surface area (Å²) < 4.78 is 18.8. The third-order valence-electron chi connectivity index (χ3n) is 2.55. The smallest absolute Gasteiger partial charge is 0.146 e. The molecular weight excluding hydrogens is 253 g/mol. The lowest BCUT2D eigenvalue weighted by Gasteiger charge is -2.09. The molecule has 0 saturated heterocycles. The van der Waals surface area contributed by atoms with Gasteiger partial charge in [0.15, 0.2) is 0 Å². The number of nitrogen functional groups attached to an aromatic ring is 1. The fourth-order valence-corrected chi connectivity index (χ4v) is 1.83. The Balaban J connectivity index is 2.09. The molecule has 2 nitrogen and oxygen atoms in total. The maximum absolute atomic E-state index is 13.2. The molecule has 0 aromatic heterocycles. The van der Waals surface area contributed by atoms with Gasteiger partial charge in [-0.1, -0.05) is 23.7 Å². The van der Waals surface area contributed by atoms with Gasteiger partial charge in [0.05, 0.1) is 10.7 Å². The molecule has 0 aliphatic carbocycles. The molecule has 2 N–H and O–H groups in total. The molecule has 0 fully saturated rings. The topological polar surface area (TPSA) is 35.2 Å². The van der Waals surface area contributed by atoms with Crippen LogP contribution in [-0.4, -0.2) is 0 Å². The van der Waals surface area contributed by atoms with Crippen molar-refractivity contribution in [3.63, 3.8) is 0 Å². The zero-order valence-corrected chi connectivity index (χ0v) is 10.7. The van der Waals surface area contributed by atoms with E-state index >= 15 is 0 Å². The Morgan fingerprint density at radius 2 is 2.00 bits per heavy atom. The summed E-state index contributed by atoms with van der Waals surface area (Å²) in [5.41, 5.74) is 7.30. The Bertz CT molecular complexity index is 572. The molecule has 94 valence electrons. The molecule has 0 saturated carbocycles. The first-order valence-corrected chi connectivity index (χ1v) is 5.87. The van der Waals surface area contributed by atoms with Crippen LogP contribution in [0.5, 0.6) is 5.75 Å². The normalized spacial score (nSPS) is 10.4. The number of aryl methyl sites for hydroxylation is 1. The third kappa shape index (κ3) is 2.93. The molecule has 0 atom stereocenters. The van der Waals surface area contributed by atoms with Crippen molar-refractivity contribution in [3.05, 3.63) is 58.4 Å². The lowest BCUT2D eigenvalue weighted by Crippen LogP contribution is -1.98. The summed E-state index contributed by atoms with van der Waals surface area (Å²) in [7, 11) is 0. The highest BCUT2D eigenvalue weighted by Crippen LogP contribution is 2.26. The van der Waals surface area contributed by atoms with Crippen LogP contribution in [0.15, 0.2) is 36.4 Å².